The number of amides is 2. The number of urea groups is 1. The number of fused-ring (bicyclic) bond motifs is 1. The molecular weight excluding hydrogens is 334 g/mol. The van der Waals surface area contributed by atoms with Crippen molar-refractivity contribution >= 4 is 17.4 Å². The fourth-order valence-electron chi connectivity index (χ4n) is 3.18. The summed E-state index contributed by atoms with van der Waals surface area (Å²) in [4.78, 5) is 23.4. The maximum Gasteiger partial charge on any atom is 0.322 e. The third-order valence-corrected chi connectivity index (χ3v) is 4.48. The summed E-state index contributed by atoms with van der Waals surface area (Å²) in [5.74, 6) is 2.00. The second-order valence-corrected chi connectivity index (χ2v) is 6.78. The number of rotatable bonds is 3. The monoisotopic (exact) mass is 355 g/mol. The Labute approximate surface area is 150 Å². The molecule has 136 valence electrons. The van der Waals surface area contributed by atoms with Gasteiger partial charge >= 0.3 is 6.03 Å². The first-order valence-electron chi connectivity index (χ1n) is 8.76. The maximum atomic E-state index is 12.9. The molecule has 1 fully saturated rings. The van der Waals surface area contributed by atoms with Crippen LogP contribution in [0.2, 0.25) is 0 Å². The van der Waals surface area contributed by atoms with Gasteiger partial charge in [-0.1, -0.05) is 19.0 Å². The lowest BCUT2D eigenvalue weighted by Gasteiger charge is -2.22. The van der Waals surface area contributed by atoms with E-state index in [1.165, 1.54) is 0 Å². The van der Waals surface area contributed by atoms with Gasteiger partial charge in [-0.05, 0) is 31.9 Å². The molecule has 9 nitrogen and oxygen atoms in total. The van der Waals surface area contributed by atoms with Crippen molar-refractivity contribution in [1.82, 2.24) is 29.6 Å². The number of carbonyl (C=O) groups excluding carboxylic acids is 1. The van der Waals surface area contributed by atoms with Crippen LogP contribution in [0.5, 0.6) is 0 Å². The SMILES string of the molecule is Cc1nc2c(NC(=O)N3CCC[C@H]3c3nc(C(C)C)no3)cccn2n1. The fraction of sp³-hybridized carbons (Fsp3) is 0.471. The van der Waals surface area contributed by atoms with Crippen LogP contribution in [0.1, 0.15) is 56.2 Å². The molecule has 3 aromatic rings. The second-order valence-electron chi connectivity index (χ2n) is 6.78. The minimum absolute atomic E-state index is 0.185. The number of anilines is 1. The summed E-state index contributed by atoms with van der Waals surface area (Å²) >= 11 is 0. The van der Waals surface area contributed by atoms with E-state index in [0.29, 0.717) is 35.4 Å². The molecule has 1 aliphatic heterocycles. The van der Waals surface area contributed by atoms with Crippen molar-refractivity contribution in [2.24, 2.45) is 0 Å². The second kappa shape index (κ2) is 6.40. The van der Waals surface area contributed by atoms with Gasteiger partial charge in [0.15, 0.2) is 11.5 Å². The Bertz CT molecular complexity index is 946. The standard InChI is InChI=1S/C17H21N7O2/c1-10(2)14-20-16(26-22-14)13-7-5-8-23(13)17(25)19-12-6-4-9-24-15(12)18-11(3)21-24/h4,6,9-10,13H,5,7-8H2,1-3H3,(H,19,25)/t13-/m0/s1. The number of aromatic nitrogens is 5. The quantitative estimate of drug-likeness (QED) is 0.775. The van der Waals surface area contributed by atoms with Gasteiger partial charge in [-0.25, -0.2) is 14.3 Å². The van der Waals surface area contributed by atoms with E-state index in [1.54, 1.807) is 15.6 Å². The average molecular weight is 355 g/mol. The van der Waals surface area contributed by atoms with Gasteiger partial charge in [0.1, 0.15) is 11.9 Å². The number of hydrogen-bond donors (Lipinski definition) is 1. The van der Waals surface area contributed by atoms with Crippen molar-refractivity contribution in [2.45, 2.75) is 45.6 Å². The highest BCUT2D eigenvalue weighted by atomic mass is 16.5. The number of likely N-dealkylation sites (tertiary alicyclic amines) is 1. The zero-order valence-corrected chi connectivity index (χ0v) is 15.0. The normalized spacial score (nSPS) is 17.4. The van der Waals surface area contributed by atoms with Crippen LogP contribution in [0.25, 0.3) is 5.65 Å². The average Bonchev–Trinajstić information content (AvgIpc) is 3.32. The zero-order valence-electron chi connectivity index (χ0n) is 15.0. The minimum atomic E-state index is -0.203. The molecule has 3 aromatic heterocycles. The van der Waals surface area contributed by atoms with Crippen molar-refractivity contribution < 1.29 is 9.32 Å². The Morgan fingerprint density at radius 2 is 2.23 bits per heavy atom. The van der Waals surface area contributed by atoms with Crippen LogP contribution in [0.4, 0.5) is 10.5 Å². The molecule has 1 atom stereocenters. The first kappa shape index (κ1) is 16.5. The Hall–Kier alpha value is -2.97. The highest BCUT2D eigenvalue weighted by Crippen LogP contribution is 2.32. The molecule has 4 rings (SSSR count). The molecule has 26 heavy (non-hydrogen) atoms. The van der Waals surface area contributed by atoms with E-state index in [2.05, 4.69) is 25.5 Å². The molecule has 0 unspecified atom stereocenters. The number of carbonyl (C=O) groups is 1. The minimum Gasteiger partial charge on any atom is -0.337 e. The molecule has 0 radical (unpaired) electrons. The molecule has 1 N–H and O–H groups in total. The van der Waals surface area contributed by atoms with E-state index in [1.807, 2.05) is 32.9 Å². The van der Waals surface area contributed by atoms with E-state index in [9.17, 15) is 4.79 Å². The van der Waals surface area contributed by atoms with Crippen LogP contribution >= 0.6 is 0 Å². The zero-order chi connectivity index (χ0) is 18.3. The summed E-state index contributed by atoms with van der Waals surface area (Å²) in [6.07, 6.45) is 3.50. The van der Waals surface area contributed by atoms with Crippen molar-refractivity contribution in [3.8, 4) is 0 Å². The summed E-state index contributed by atoms with van der Waals surface area (Å²) in [6.45, 7) is 6.48. The molecular formula is C17H21N7O2. The first-order valence-corrected chi connectivity index (χ1v) is 8.76. The smallest absolute Gasteiger partial charge is 0.322 e. The Morgan fingerprint density at radius 3 is 3.00 bits per heavy atom. The molecule has 0 aliphatic carbocycles. The molecule has 4 heterocycles. The van der Waals surface area contributed by atoms with Gasteiger partial charge in [-0.2, -0.15) is 10.1 Å². The molecule has 1 saturated heterocycles. The van der Waals surface area contributed by atoms with Gasteiger partial charge in [0.2, 0.25) is 5.89 Å². The summed E-state index contributed by atoms with van der Waals surface area (Å²) in [7, 11) is 0. The van der Waals surface area contributed by atoms with E-state index in [4.69, 9.17) is 4.52 Å². The largest absolute Gasteiger partial charge is 0.337 e. The maximum absolute atomic E-state index is 12.9. The third kappa shape index (κ3) is 2.89. The highest BCUT2D eigenvalue weighted by Gasteiger charge is 2.34. The van der Waals surface area contributed by atoms with Crippen molar-refractivity contribution in [3.05, 3.63) is 35.9 Å². The van der Waals surface area contributed by atoms with Crippen molar-refractivity contribution in [2.75, 3.05) is 11.9 Å². The molecule has 0 spiro atoms. The van der Waals surface area contributed by atoms with Crippen molar-refractivity contribution in [1.29, 1.82) is 0 Å². The molecule has 9 heteroatoms. The van der Waals surface area contributed by atoms with E-state index in [-0.39, 0.29) is 18.0 Å². The molecule has 0 bridgehead atoms. The lowest BCUT2D eigenvalue weighted by molar-refractivity contribution is 0.193. The van der Waals surface area contributed by atoms with Gasteiger partial charge in [0.25, 0.3) is 0 Å². The van der Waals surface area contributed by atoms with Crippen molar-refractivity contribution in [3.63, 3.8) is 0 Å². The first-order chi connectivity index (χ1) is 12.5. The summed E-state index contributed by atoms with van der Waals surface area (Å²) in [6, 6.07) is 3.24. The van der Waals surface area contributed by atoms with Gasteiger partial charge < -0.3 is 14.7 Å². The molecule has 2 amide bonds. The van der Waals surface area contributed by atoms with Gasteiger partial charge in [-0.3, -0.25) is 0 Å². The molecule has 0 saturated carbocycles. The Morgan fingerprint density at radius 1 is 1.38 bits per heavy atom. The number of nitrogens with zero attached hydrogens (tertiary/aromatic N) is 6. The Kier molecular flexibility index (Phi) is 4.06. The molecule has 0 aromatic carbocycles. The predicted molar refractivity (Wildman–Crippen MR) is 93.8 cm³/mol. The van der Waals surface area contributed by atoms with E-state index < -0.39 is 0 Å². The number of aryl methyl sites for hydroxylation is 1. The highest BCUT2D eigenvalue weighted by molar-refractivity contribution is 5.93. The van der Waals surface area contributed by atoms with E-state index in [0.717, 1.165) is 12.8 Å². The fourth-order valence-corrected chi connectivity index (χ4v) is 3.18. The lowest BCUT2D eigenvalue weighted by Crippen LogP contribution is -2.34. The van der Waals surface area contributed by atoms with Gasteiger partial charge in [0.05, 0.1) is 5.69 Å². The lowest BCUT2D eigenvalue weighted by atomic mass is 10.2. The van der Waals surface area contributed by atoms with Crippen LogP contribution in [0, 0.1) is 6.92 Å². The number of hydrogen-bond acceptors (Lipinski definition) is 6. The van der Waals surface area contributed by atoms with Crippen LogP contribution in [-0.4, -0.2) is 42.2 Å². The van der Waals surface area contributed by atoms with Crippen LogP contribution in [0.3, 0.4) is 0 Å². The van der Waals surface area contributed by atoms with E-state index >= 15 is 0 Å². The van der Waals surface area contributed by atoms with Gasteiger partial charge in [0, 0.05) is 18.7 Å². The number of nitrogens with one attached hydrogen (secondary N) is 1. The summed E-state index contributed by atoms with van der Waals surface area (Å²) in [5.41, 5.74) is 1.24. The Balaban J connectivity index is 1.56. The summed E-state index contributed by atoms with van der Waals surface area (Å²) in [5, 5.41) is 11.2. The third-order valence-electron chi connectivity index (χ3n) is 4.48. The summed E-state index contributed by atoms with van der Waals surface area (Å²) < 4.78 is 7.06. The topological polar surface area (TPSA) is 101 Å². The van der Waals surface area contributed by atoms with Crippen LogP contribution in [0.15, 0.2) is 22.9 Å². The molecule has 1 aliphatic rings. The number of pyridine rings is 1. The predicted octanol–water partition coefficient (Wildman–Crippen LogP) is 2.91. The van der Waals surface area contributed by atoms with Gasteiger partial charge in [-0.15, -0.1) is 0 Å². The van der Waals surface area contributed by atoms with Crippen LogP contribution in [-0.2, 0) is 0 Å². The van der Waals surface area contributed by atoms with Crippen LogP contribution < -0.4 is 5.32 Å².